The van der Waals surface area contributed by atoms with Crippen molar-refractivity contribution in [3.8, 4) is 17.1 Å². The molecule has 2 aromatic carbocycles. The Labute approximate surface area is 199 Å². The van der Waals surface area contributed by atoms with E-state index in [4.69, 9.17) is 10.5 Å². The number of hydrogen-bond donors (Lipinski definition) is 2. The van der Waals surface area contributed by atoms with Gasteiger partial charge in [-0.15, -0.1) is 0 Å². The lowest BCUT2D eigenvalue weighted by Crippen LogP contribution is -2.32. The zero-order valence-corrected chi connectivity index (χ0v) is 19.3. The summed E-state index contributed by atoms with van der Waals surface area (Å²) in [6, 6.07) is 13.8. The second-order valence-electron chi connectivity index (χ2n) is 8.93. The Hall–Kier alpha value is -4.08. The predicted octanol–water partition coefficient (Wildman–Crippen LogP) is 5.71. The molecule has 182 valence electrons. The van der Waals surface area contributed by atoms with E-state index in [1.54, 1.807) is 61.7 Å². The molecule has 0 bridgehead atoms. The van der Waals surface area contributed by atoms with Crippen LogP contribution in [0.5, 0.6) is 0 Å². The lowest BCUT2D eigenvalue weighted by Gasteiger charge is -2.19. The molecule has 2 heterocycles. The summed E-state index contributed by atoms with van der Waals surface area (Å²) in [7, 11) is 0. The van der Waals surface area contributed by atoms with E-state index in [1.807, 2.05) is 0 Å². The molecule has 2 aromatic heterocycles. The zero-order valence-electron chi connectivity index (χ0n) is 19.3. The average Bonchev–Trinajstić information content (AvgIpc) is 3.15. The van der Waals surface area contributed by atoms with Crippen LogP contribution in [-0.4, -0.2) is 26.2 Å². The van der Waals surface area contributed by atoms with E-state index in [1.165, 1.54) is 12.3 Å². The van der Waals surface area contributed by atoms with Gasteiger partial charge >= 0.3 is 12.3 Å². The quantitative estimate of drug-likeness (QED) is 0.388. The van der Waals surface area contributed by atoms with Crippen molar-refractivity contribution in [2.75, 3.05) is 5.73 Å². The van der Waals surface area contributed by atoms with E-state index in [2.05, 4.69) is 15.3 Å². The van der Waals surface area contributed by atoms with Crippen LogP contribution in [0.1, 0.15) is 31.9 Å². The molecule has 0 saturated heterocycles. The van der Waals surface area contributed by atoms with Crippen molar-refractivity contribution in [3.05, 3.63) is 71.9 Å². The minimum absolute atomic E-state index is 0.207. The van der Waals surface area contributed by atoms with E-state index in [-0.39, 0.29) is 17.9 Å². The average molecular weight is 483 g/mol. The highest BCUT2D eigenvalue weighted by Gasteiger charge is 2.31. The third kappa shape index (κ3) is 5.37. The van der Waals surface area contributed by atoms with Crippen molar-refractivity contribution < 1.29 is 22.7 Å². The second-order valence-corrected chi connectivity index (χ2v) is 8.93. The number of nitrogens with one attached hydrogen (secondary N) is 1. The Morgan fingerprint density at radius 2 is 1.80 bits per heavy atom. The molecule has 0 unspecified atom stereocenters. The maximum absolute atomic E-state index is 13.4. The minimum Gasteiger partial charge on any atom is -0.444 e. The number of amides is 1. The lowest BCUT2D eigenvalue weighted by atomic mass is 10.1. The fourth-order valence-corrected chi connectivity index (χ4v) is 3.55. The van der Waals surface area contributed by atoms with E-state index in [9.17, 15) is 18.0 Å². The number of carbonyl (C=O) groups excluding carboxylic acids is 1. The largest absolute Gasteiger partial charge is 0.444 e. The van der Waals surface area contributed by atoms with Crippen LogP contribution in [0, 0.1) is 0 Å². The van der Waals surface area contributed by atoms with Crippen LogP contribution in [0.15, 0.2) is 60.8 Å². The number of carbonyl (C=O) groups is 1. The Morgan fingerprint density at radius 3 is 2.43 bits per heavy atom. The molecule has 0 radical (unpaired) electrons. The molecular formula is C25H24F3N5O2. The van der Waals surface area contributed by atoms with Gasteiger partial charge in [0, 0.05) is 18.4 Å². The number of pyridine rings is 1. The highest BCUT2D eigenvalue weighted by molar-refractivity contribution is 5.85. The lowest BCUT2D eigenvalue weighted by molar-refractivity contribution is -0.137. The first kappa shape index (κ1) is 24.1. The zero-order chi connectivity index (χ0) is 25.4. The van der Waals surface area contributed by atoms with E-state index in [0.717, 1.165) is 17.7 Å². The second kappa shape index (κ2) is 8.94. The van der Waals surface area contributed by atoms with Crippen LogP contribution in [0.25, 0.3) is 28.1 Å². The molecule has 35 heavy (non-hydrogen) atoms. The van der Waals surface area contributed by atoms with Gasteiger partial charge in [0.25, 0.3) is 0 Å². The summed E-state index contributed by atoms with van der Waals surface area (Å²) in [6.07, 6.45) is -3.52. The van der Waals surface area contributed by atoms with Crippen molar-refractivity contribution in [2.24, 2.45) is 0 Å². The maximum Gasteiger partial charge on any atom is 0.416 e. The fraction of sp³-hybridized carbons (Fsp3) is 0.240. The monoisotopic (exact) mass is 483 g/mol. The fourth-order valence-electron chi connectivity index (χ4n) is 3.55. The van der Waals surface area contributed by atoms with Gasteiger partial charge < -0.3 is 15.8 Å². The molecule has 0 aliphatic heterocycles. The number of nitrogens with zero attached hydrogens (tertiary/aromatic N) is 3. The Bertz CT molecular complexity index is 1370. The van der Waals surface area contributed by atoms with Gasteiger partial charge in [0.15, 0.2) is 0 Å². The number of nitrogen functional groups attached to an aromatic ring is 1. The van der Waals surface area contributed by atoms with Crippen molar-refractivity contribution in [3.63, 3.8) is 0 Å². The first-order chi connectivity index (χ1) is 16.4. The van der Waals surface area contributed by atoms with Gasteiger partial charge in [-0.25, -0.2) is 14.8 Å². The van der Waals surface area contributed by atoms with Crippen LogP contribution in [0.2, 0.25) is 0 Å². The first-order valence-corrected chi connectivity index (χ1v) is 10.8. The van der Waals surface area contributed by atoms with Gasteiger partial charge in [0.1, 0.15) is 17.2 Å². The van der Waals surface area contributed by atoms with E-state index in [0.29, 0.717) is 22.6 Å². The summed E-state index contributed by atoms with van der Waals surface area (Å²) in [5.41, 5.74) is 7.17. The third-order valence-corrected chi connectivity index (χ3v) is 5.09. The number of imidazole rings is 1. The molecule has 4 rings (SSSR count). The van der Waals surface area contributed by atoms with Gasteiger partial charge in [-0.3, -0.25) is 4.57 Å². The molecule has 7 nitrogen and oxygen atoms in total. The molecule has 4 aromatic rings. The minimum atomic E-state index is -4.51. The van der Waals surface area contributed by atoms with Crippen molar-refractivity contribution in [1.82, 2.24) is 19.9 Å². The molecule has 1 amide bonds. The van der Waals surface area contributed by atoms with Crippen LogP contribution in [-0.2, 0) is 17.5 Å². The van der Waals surface area contributed by atoms with Gasteiger partial charge in [-0.05, 0) is 68.8 Å². The van der Waals surface area contributed by atoms with Crippen LogP contribution in [0.3, 0.4) is 0 Å². The number of benzene rings is 2. The normalized spacial score (nSPS) is 12.1. The van der Waals surface area contributed by atoms with E-state index < -0.39 is 23.4 Å². The number of nitrogens with two attached hydrogens (primary N) is 1. The van der Waals surface area contributed by atoms with Crippen molar-refractivity contribution >= 4 is 22.9 Å². The third-order valence-electron chi connectivity index (χ3n) is 5.09. The van der Waals surface area contributed by atoms with Crippen molar-refractivity contribution in [2.45, 2.75) is 39.1 Å². The van der Waals surface area contributed by atoms with Crippen LogP contribution >= 0.6 is 0 Å². The predicted molar refractivity (Wildman–Crippen MR) is 127 cm³/mol. The number of aromatic nitrogens is 3. The Morgan fingerprint density at radius 1 is 1.09 bits per heavy atom. The smallest absolute Gasteiger partial charge is 0.416 e. The number of alkyl carbamates (subject to hydrolysis) is 1. The summed E-state index contributed by atoms with van der Waals surface area (Å²) in [6.45, 7) is 5.54. The molecule has 0 aliphatic rings. The number of rotatable bonds is 4. The van der Waals surface area contributed by atoms with Crippen LogP contribution < -0.4 is 11.1 Å². The van der Waals surface area contributed by atoms with Gasteiger partial charge in [0.05, 0.1) is 22.2 Å². The number of hydrogen-bond acceptors (Lipinski definition) is 5. The Balaban J connectivity index is 1.75. The molecule has 0 spiro atoms. The molecular weight excluding hydrogens is 459 g/mol. The first-order valence-electron chi connectivity index (χ1n) is 10.8. The molecule has 0 atom stereocenters. The number of halogens is 3. The summed E-state index contributed by atoms with van der Waals surface area (Å²) < 4.78 is 47.2. The maximum atomic E-state index is 13.4. The molecule has 10 heteroatoms. The van der Waals surface area contributed by atoms with Crippen molar-refractivity contribution in [1.29, 1.82) is 0 Å². The molecule has 0 fully saturated rings. The molecule has 0 saturated carbocycles. The van der Waals surface area contributed by atoms with Gasteiger partial charge in [-0.2, -0.15) is 13.2 Å². The SMILES string of the molecule is CC(C)(C)OC(=O)NCc1ccc(-n2c(-c3cccnc3N)nc3ccc(C(F)(F)F)cc32)cc1. The highest BCUT2D eigenvalue weighted by atomic mass is 19.4. The van der Waals surface area contributed by atoms with Gasteiger partial charge in [0.2, 0.25) is 0 Å². The standard InChI is InChI=1S/C25H24F3N5O2/c1-24(2,3)35-23(34)31-14-15-6-9-17(10-7-15)33-20-13-16(25(26,27)28)8-11-19(20)32-22(33)18-5-4-12-30-21(18)29/h4-13H,14H2,1-3H3,(H2,29,30)(H,31,34). The summed E-state index contributed by atoms with van der Waals surface area (Å²) in [5.74, 6) is 0.572. The molecule has 0 aliphatic carbocycles. The number of alkyl halides is 3. The van der Waals surface area contributed by atoms with Crippen LogP contribution in [0.4, 0.5) is 23.8 Å². The summed E-state index contributed by atoms with van der Waals surface area (Å²) >= 11 is 0. The van der Waals surface area contributed by atoms with E-state index >= 15 is 0 Å². The number of fused-ring (bicyclic) bond motifs is 1. The number of ether oxygens (including phenoxy) is 1. The number of anilines is 1. The highest BCUT2D eigenvalue weighted by Crippen LogP contribution is 2.35. The Kier molecular flexibility index (Phi) is 6.14. The van der Waals surface area contributed by atoms with Gasteiger partial charge in [-0.1, -0.05) is 12.1 Å². The summed E-state index contributed by atoms with van der Waals surface area (Å²) in [4.78, 5) is 20.6. The summed E-state index contributed by atoms with van der Waals surface area (Å²) in [5, 5.41) is 2.68. The topological polar surface area (TPSA) is 95.1 Å². The molecule has 3 N–H and O–H groups in total.